The van der Waals surface area contributed by atoms with Gasteiger partial charge in [-0.05, 0) is 61.5 Å². The third-order valence-corrected chi connectivity index (χ3v) is 5.91. The largest absolute Gasteiger partial charge is 0.294 e. The first-order valence-electron chi connectivity index (χ1n) is 8.22. The molecule has 3 rings (SSSR count). The molecule has 2 aromatic rings. The van der Waals surface area contributed by atoms with Gasteiger partial charge in [-0.1, -0.05) is 47.7 Å². The molecule has 26 heavy (non-hydrogen) atoms. The molecule has 2 aromatic carbocycles. The Morgan fingerprint density at radius 1 is 1.04 bits per heavy atom. The molecule has 1 aliphatic rings. The number of amides is 2. The predicted octanol–water partition coefficient (Wildman–Crippen LogP) is 5.76. The van der Waals surface area contributed by atoms with Crippen molar-refractivity contribution in [1.82, 2.24) is 4.90 Å². The SMILES string of the molecule is C=C[C@H](C)N1C(=O)S/C(=C\c2ccc(Sc3ccc(C)cc3)cc2)C1=O. The van der Waals surface area contributed by atoms with Crippen LogP contribution in [-0.4, -0.2) is 22.1 Å². The van der Waals surface area contributed by atoms with Crippen molar-refractivity contribution < 1.29 is 9.59 Å². The van der Waals surface area contributed by atoms with Gasteiger partial charge in [0.25, 0.3) is 11.1 Å². The zero-order chi connectivity index (χ0) is 18.7. The minimum Gasteiger partial charge on any atom is -0.268 e. The minimum atomic E-state index is -0.304. The Labute approximate surface area is 162 Å². The standard InChI is InChI=1S/C21H19NO2S2/c1-4-15(3)22-20(23)19(26-21(22)24)13-16-7-11-18(12-8-16)25-17-9-5-14(2)6-10-17/h4-13,15H,1H2,2-3H3/b19-13-/t15-/m0/s1. The Balaban J connectivity index is 1.73. The maximum Gasteiger partial charge on any atom is 0.294 e. The van der Waals surface area contributed by atoms with Gasteiger partial charge in [-0.3, -0.25) is 14.5 Å². The van der Waals surface area contributed by atoms with Crippen LogP contribution >= 0.6 is 23.5 Å². The second-order valence-electron chi connectivity index (χ2n) is 6.01. The summed E-state index contributed by atoms with van der Waals surface area (Å²) in [6.07, 6.45) is 3.36. The zero-order valence-corrected chi connectivity index (χ0v) is 16.3. The van der Waals surface area contributed by atoms with Crippen molar-refractivity contribution in [2.75, 3.05) is 0 Å². The van der Waals surface area contributed by atoms with Crippen LogP contribution in [0.1, 0.15) is 18.1 Å². The number of imide groups is 1. The van der Waals surface area contributed by atoms with Gasteiger partial charge in [0, 0.05) is 9.79 Å². The predicted molar refractivity (Wildman–Crippen MR) is 109 cm³/mol. The van der Waals surface area contributed by atoms with Gasteiger partial charge in [0.1, 0.15) is 0 Å². The highest BCUT2D eigenvalue weighted by atomic mass is 32.2. The smallest absolute Gasteiger partial charge is 0.268 e. The molecule has 1 fully saturated rings. The van der Waals surface area contributed by atoms with Crippen LogP contribution in [0.4, 0.5) is 4.79 Å². The first kappa shape index (κ1) is 18.5. The van der Waals surface area contributed by atoms with Gasteiger partial charge in [0.05, 0.1) is 10.9 Å². The number of thioether (sulfide) groups is 1. The molecule has 1 atom stereocenters. The molecule has 5 heteroatoms. The molecular weight excluding hydrogens is 362 g/mol. The molecule has 0 unspecified atom stereocenters. The Bertz CT molecular complexity index is 870. The van der Waals surface area contributed by atoms with Crippen LogP contribution in [-0.2, 0) is 4.79 Å². The van der Waals surface area contributed by atoms with Crippen molar-refractivity contribution in [2.45, 2.75) is 29.7 Å². The van der Waals surface area contributed by atoms with Crippen molar-refractivity contribution in [1.29, 1.82) is 0 Å². The normalized spacial score (nSPS) is 17.0. The van der Waals surface area contributed by atoms with Gasteiger partial charge in [-0.2, -0.15) is 0 Å². The quantitative estimate of drug-likeness (QED) is 0.488. The average Bonchev–Trinajstić information content (AvgIpc) is 2.91. The van der Waals surface area contributed by atoms with Crippen LogP contribution in [0.15, 0.2) is 75.9 Å². The van der Waals surface area contributed by atoms with E-state index in [2.05, 4.69) is 37.8 Å². The number of hydrogen-bond acceptors (Lipinski definition) is 4. The first-order valence-corrected chi connectivity index (χ1v) is 9.85. The molecule has 0 N–H and O–H groups in total. The maximum absolute atomic E-state index is 12.4. The third kappa shape index (κ3) is 4.11. The Morgan fingerprint density at radius 3 is 2.19 bits per heavy atom. The summed E-state index contributed by atoms with van der Waals surface area (Å²) in [5.74, 6) is -0.259. The van der Waals surface area contributed by atoms with Crippen molar-refractivity contribution in [2.24, 2.45) is 0 Å². The summed E-state index contributed by atoms with van der Waals surface area (Å²) in [6.45, 7) is 7.51. The van der Waals surface area contributed by atoms with Gasteiger partial charge in [-0.15, -0.1) is 6.58 Å². The molecule has 132 valence electrons. The summed E-state index contributed by atoms with van der Waals surface area (Å²) in [6, 6.07) is 16.0. The van der Waals surface area contributed by atoms with Gasteiger partial charge >= 0.3 is 0 Å². The summed E-state index contributed by atoms with van der Waals surface area (Å²) in [5.41, 5.74) is 2.14. The maximum atomic E-state index is 12.4. The Kier molecular flexibility index (Phi) is 5.69. The summed E-state index contributed by atoms with van der Waals surface area (Å²) >= 11 is 2.66. The second kappa shape index (κ2) is 7.98. The molecule has 1 saturated heterocycles. The van der Waals surface area contributed by atoms with E-state index >= 15 is 0 Å². The van der Waals surface area contributed by atoms with Crippen molar-refractivity contribution in [3.05, 3.63) is 77.2 Å². The number of benzene rings is 2. The minimum absolute atomic E-state index is 0.250. The van der Waals surface area contributed by atoms with Crippen molar-refractivity contribution in [3.8, 4) is 0 Å². The first-order chi connectivity index (χ1) is 12.5. The molecular formula is C21H19NO2S2. The Hall–Kier alpha value is -2.24. The fourth-order valence-electron chi connectivity index (χ4n) is 2.46. The molecule has 0 spiro atoms. The highest BCUT2D eigenvalue weighted by Crippen LogP contribution is 2.34. The zero-order valence-electron chi connectivity index (χ0n) is 14.6. The number of aryl methyl sites for hydroxylation is 1. The number of hydrogen-bond donors (Lipinski definition) is 0. The fourth-order valence-corrected chi connectivity index (χ4v) is 4.20. The lowest BCUT2D eigenvalue weighted by Crippen LogP contribution is -2.35. The molecule has 2 amide bonds. The molecule has 1 aliphatic heterocycles. The van der Waals surface area contributed by atoms with E-state index in [0.717, 1.165) is 22.2 Å². The summed E-state index contributed by atoms with van der Waals surface area (Å²) < 4.78 is 0. The highest BCUT2D eigenvalue weighted by molar-refractivity contribution is 8.18. The molecule has 3 nitrogen and oxygen atoms in total. The molecule has 0 bridgehead atoms. The van der Waals surface area contributed by atoms with Gasteiger partial charge in [-0.25, -0.2) is 0 Å². The van der Waals surface area contributed by atoms with E-state index in [-0.39, 0.29) is 17.2 Å². The number of carbonyl (C=O) groups excluding carboxylic acids is 2. The number of carbonyl (C=O) groups is 2. The second-order valence-corrected chi connectivity index (χ2v) is 8.15. The lowest BCUT2D eigenvalue weighted by atomic mass is 10.2. The van der Waals surface area contributed by atoms with E-state index < -0.39 is 0 Å². The van der Waals surface area contributed by atoms with E-state index in [1.807, 2.05) is 24.3 Å². The summed E-state index contributed by atoms with van der Waals surface area (Å²) in [4.78, 5) is 28.5. The van der Waals surface area contributed by atoms with E-state index in [4.69, 9.17) is 0 Å². The van der Waals surface area contributed by atoms with Crippen LogP contribution in [0.2, 0.25) is 0 Å². The van der Waals surface area contributed by atoms with Gasteiger partial charge in [0.15, 0.2) is 0 Å². The number of nitrogens with zero attached hydrogens (tertiary/aromatic N) is 1. The van der Waals surface area contributed by atoms with Crippen LogP contribution in [0.3, 0.4) is 0 Å². The molecule has 0 saturated carbocycles. The topological polar surface area (TPSA) is 37.4 Å². The van der Waals surface area contributed by atoms with Crippen LogP contribution in [0, 0.1) is 6.92 Å². The van der Waals surface area contributed by atoms with E-state index in [9.17, 15) is 9.59 Å². The molecule has 1 heterocycles. The summed E-state index contributed by atoms with van der Waals surface area (Å²) in [7, 11) is 0. The number of rotatable bonds is 5. The lowest BCUT2D eigenvalue weighted by Gasteiger charge is -2.17. The molecule has 0 radical (unpaired) electrons. The highest BCUT2D eigenvalue weighted by Gasteiger charge is 2.37. The van der Waals surface area contributed by atoms with Crippen LogP contribution in [0.25, 0.3) is 6.08 Å². The average molecular weight is 382 g/mol. The van der Waals surface area contributed by atoms with Crippen molar-refractivity contribution in [3.63, 3.8) is 0 Å². The molecule has 0 aromatic heterocycles. The Morgan fingerprint density at radius 2 is 1.62 bits per heavy atom. The van der Waals surface area contributed by atoms with E-state index in [1.165, 1.54) is 15.4 Å². The lowest BCUT2D eigenvalue weighted by molar-refractivity contribution is -0.123. The fraction of sp³-hybridized carbons (Fsp3) is 0.143. The molecule has 0 aliphatic carbocycles. The van der Waals surface area contributed by atoms with E-state index in [0.29, 0.717) is 4.91 Å². The monoisotopic (exact) mass is 381 g/mol. The van der Waals surface area contributed by atoms with E-state index in [1.54, 1.807) is 30.8 Å². The van der Waals surface area contributed by atoms with Crippen molar-refractivity contribution >= 4 is 40.7 Å². The van der Waals surface area contributed by atoms with Crippen LogP contribution < -0.4 is 0 Å². The third-order valence-electron chi connectivity index (χ3n) is 4.01. The van der Waals surface area contributed by atoms with Crippen LogP contribution in [0.5, 0.6) is 0 Å². The van der Waals surface area contributed by atoms with Gasteiger partial charge in [0.2, 0.25) is 0 Å². The van der Waals surface area contributed by atoms with Gasteiger partial charge < -0.3 is 0 Å². The summed E-state index contributed by atoms with van der Waals surface area (Å²) in [5, 5.41) is -0.250.